The molecule has 9 heteroatoms. The standard InChI is InChI=1S/C14H18Cl2NO5P/c1-3-21-23(20,22-4-2)7-5-6-17(19)14(18)11-8-12(15)10-13(16)9-11/h5,7-10,19H,3-4,6H2,1-2H3/b7-5+. The Hall–Kier alpha value is -0.880. The molecular formula is C14H18Cl2NO5P. The van der Waals surface area contributed by atoms with Crippen LogP contribution in [0.1, 0.15) is 24.2 Å². The van der Waals surface area contributed by atoms with Crippen molar-refractivity contribution in [2.24, 2.45) is 0 Å². The van der Waals surface area contributed by atoms with Crippen LogP contribution in [-0.2, 0) is 13.6 Å². The highest BCUT2D eigenvalue weighted by molar-refractivity contribution is 7.57. The van der Waals surface area contributed by atoms with Crippen LogP contribution in [0.15, 0.2) is 30.1 Å². The lowest BCUT2D eigenvalue weighted by Crippen LogP contribution is -2.27. The van der Waals surface area contributed by atoms with Gasteiger partial charge in [-0.05, 0) is 32.0 Å². The van der Waals surface area contributed by atoms with Gasteiger partial charge in [-0.1, -0.05) is 29.3 Å². The van der Waals surface area contributed by atoms with Crippen molar-refractivity contribution in [3.05, 3.63) is 45.7 Å². The van der Waals surface area contributed by atoms with E-state index in [1.807, 2.05) is 0 Å². The summed E-state index contributed by atoms with van der Waals surface area (Å²) in [4.78, 5) is 12.0. The molecule has 0 unspecified atom stereocenters. The second-order valence-corrected chi connectivity index (χ2v) is 7.07. The average Bonchev–Trinajstić information content (AvgIpc) is 2.45. The molecule has 0 fully saturated rings. The van der Waals surface area contributed by atoms with Crippen molar-refractivity contribution < 1.29 is 23.6 Å². The van der Waals surface area contributed by atoms with Crippen LogP contribution in [-0.4, -0.2) is 35.9 Å². The van der Waals surface area contributed by atoms with Gasteiger partial charge in [0, 0.05) is 21.4 Å². The van der Waals surface area contributed by atoms with Crippen molar-refractivity contribution in [1.82, 2.24) is 5.06 Å². The van der Waals surface area contributed by atoms with E-state index in [1.54, 1.807) is 13.8 Å². The van der Waals surface area contributed by atoms with E-state index in [4.69, 9.17) is 32.2 Å². The maximum absolute atomic E-state index is 12.2. The lowest BCUT2D eigenvalue weighted by Gasteiger charge is -2.15. The third-order valence-electron chi connectivity index (χ3n) is 2.53. The molecule has 1 aromatic carbocycles. The zero-order valence-electron chi connectivity index (χ0n) is 12.7. The van der Waals surface area contributed by atoms with Gasteiger partial charge in [0.2, 0.25) is 0 Å². The summed E-state index contributed by atoms with van der Waals surface area (Å²) in [6.45, 7) is 3.59. The monoisotopic (exact) mass is 381 g/mol. The van der Waals surface area contributed by atoms with Crippen LogP contribution in [0.2, 0.25) is 10.0 Å². The molecule has 0 heterocycles. The number of hydroxylamine groups is 2. The zero-order chi connectivity index (χ0) is 17.5. The van der Waals surface area contributed by atoms with Gasteiger partial charge in [-0.15, -0.1) is 0 Å². The van der Waals surface area contributed by atoms with Crippen LogP contribution >= 0.6 is 30.8 Å². The first-order valence-electron chi connectivity index (χ1n) is 6.84. The van der Waals surface area contributed by atoms with E-state index >= 15 is 0 Å². The van der Waals surface area contributed by atoms with E-state index in [-0.39, 0.29) is 35.4 Å². The number of hydrogen-bond acceptors (Lipinski definition) is 5. The quantitative estimate of drug-likeness (QED) is 0.404. The van der Waals surface area contributed by atoms with Gasteiger partial charge >= 0.3 is 7.60 Å². The summed E-state index contributed by atoms with van der Waals surface area (Å²) in [5, 5.41) is 10.8. The third kappa shape index (κ3) is 6.63. The Balaban J connectivity index is 2.74. The minimum atomic E-state index is -3.37. The van der Waals surface area contributed by atoms with Gasteiger partial charge in [0.05, 0.1) is 19.8 Å². The number of benzene rings is 1. The predicted molar refractivity (Wildman–Crippen MR) is 89.3 cm³/mol. The first kappa shape index (κ1) is 20.2. The van der Waals surface area contributed by atoms with Gasteiger partial charge in [0.25, 0.3) is 5.91 Å². The minimum Gasteiger partial charge on any atom is -0.306 e. The largest absolute Gasteiger partial charge is 0.353 e. The fraction of sp³-hybridized carbons (Fsp3) is 0.357. The number of amides is 1. The first-order chi connectivity index (χ1) is 10.8. The molecule has 1 N–H and O–H groups in total. The van der Waals surface area contributed by atoms with Crippen LogP contribution in [0.4, 0.5) is 0 Å². The van der Waals surface area contributed by atoms with E-state index in [9.17, 15) is 14.6 Å². The third-order valence-corrected chi connectivity index (χ3v) is 4.78. The van der Waals surface area contributed by atoms with E-state index in [0.717, 1.165) is 0 Å². The lowest BCUT2D eigenvalue weighted by molar-refractivity contribution is -0.0494. The summed E-state index contributed by atoms with van der Waals surface area (Å²) >= 11 is 11.6. The summed E-state index contributed by atoms with van der Waals surface area (Å²) in [5.74, 6) is 0.517. The number of carbonyl (C=O) groups is 1. The highest BCUT2D eigenvalue weighted by atomic mass is 35.5. The predicted octanol–water partition coefficient (Wildman–Crippen LogP) is 4.60. The molecule has 0 aliphatic heterocycles. The van der Waals surface area contributed by atoms with Gasteiger partial charge in [0.15, 0.2) is 0 Å². The van der Waals surface area contributed by atoms with Crippen molar-refractivity contribution in [3.8, 4) is 0 Å². The molecule has 0 aliphatic rings. The molecule has 128 valence electrons. The second-order valence-electron chi connectivity index (χ2n) is 4.31. The Morgan fingerprint density at radius 3 is 2.22 bits per heavy atom. The van der Waals surface area contributed by atoms with Crippen molar-refractivity contribution in [1.29, 1.82) is 0 Å². The molecule has 0 spiro atoms. The Kier molecular flexibility index (Phi) is 8.26. The number of rotatable bonds is 8. The maximum Gasteiger partial charge on any atom is 0.353 e. The van der Waals surface area contributed by atoms with Crippen molar-refractivity contribution in [3.63, 3.8) is 0 Å². The van der Waals surface area contributed by atoms with Crippen molar-refractivity contribution >= 4 is 36.7 Å². The highest BCUT2D eigenvalue weighted by Gasteiger charge is 2.19. The molecule has 23 heavy (non-hydrogen) atoms. The molecule has 6 nitrogen and oxygen atoms in total. The molecule has 0 bridgehead atoms. The minimum absolute atomic E-state index is 0.135. The number of nitrogens with zero attached hydrogens (tertiary/aromatic N) is 1. The number of halogens is 2. The normalized spacial score (nSPS) is 11.9. The Labute approximate surface area is 145 Å². The zero-order valence-corrected chi connectivity index (χ0v) is 15.1. The first-order valence-corrected chi connectivity index (χ1v) is 9.21. The molecule has 0 atom stereocenters. The fourth-order valence-electron chi connectivity index (χ4n) is 1.67. The average molecular weight is 382 g/mol. The number of hydrogen-bond donors (Lipinski definition) is 1. The highest BCUT2D eigenvalue weighted by Crippen LogP contribution is 2.49. The summed E-state index contributed by atoms with van der Waals surface area (Å²) in [6.07, 6.45) is 1.33. The van der Waals surface area contributed by atoms with Crippen LogP contribution in [0.5, 0.6) is 0 Å². The molecule has 0 radical (unpaired) electrons. The number of carbonyl (C=O) groups excluding carboxylic acids is 1. The van der Waals surface area contributed by atoms with E-state index in [2.05, 4.69) is 0 Å². The van der Waals surface area contributed by atoms with Gasteiger partial charge < -0.3 is 9.05 Å². The van der Waals surface area contributed by atoms with Gasteiger partial charge in [-0.3, -0.25) is 14.6 Å². The lowest BCUT2D eigenvalue weighted by atomic mass is 10.2. The van der Waals surface area contributed by atoms with E-state index < -0.39 is 13.5 Å². The molecule has 1 rings (SSSR count). The van der Waals surface area contributed by atoms with Crippen LogP contribution in [0.3, 0.4) is 0 Å². The van der Waals surface area contributed by atoms with Gasteiger partial charge in [-0.25, -0.2) is 5.06 Å². The molecule has 0 aliphatic carbocycles. The summed E-state index contributed by atoms with van der Waals surface area (Å²) < 4.78 is 22.3. The van der Waals surface area contributed by atoms with Crippen molar-refractivity contribution in [2.45, 2.75) is 13.8 Å². The molecule has 0 saturated heterocycles. The molecular weight excluding hydrogens is 364 g/mol. The summed E-state index contributed by atoms with van der Waals surface area (Å²) in [6, 6.07) is 4.24. The second kappa shape index (κ2) is 9.42. The van der Waals surface area contributed by atoms with Gasteiger partial charge in [-0.2, -0.15) is 0 Å². The topological polar surface area (TPSA) is 76.1 Å². The van der Waals surface area contributed by atoms with Crippen LogP contribution in [0, 0.1) is 0 Å². The van der Waals surface area contributed by atoms with Gasteiger partial charge in [0.1, 0.15) is 0 Å². The van der Waals surface area contributed by atoms with Crippen LogP contribution < -0.4 is 0 Å². The van der Waals surface area contributed by atoms with Crippen molar-refractivity contribution in [2.75, 3.05) is 19.8 Å². The van der Waals surface area contributed by atoms with E-state index in [0.29, 0.717) is 5.06 Å². The molecule has 1 amide bonds. The summed E-state index contributed by atoms with van der Waals surface area (Å²) in [5.41, 5.74) is 0.135. The fourth-order valence-corrected chi connectivity index (χ4v) is 3.51. The summed E-state index contributed by atoms with van der Waals surface area (Å²) in [7, 11) is -3.37. The maximum atomic E-state index is 12.2. The van der Waals surface area contributed by atoms with E-state index in [1.165, 1.54) is 30.1 Å². The smallest absolute Gasteiger partial charge is 0.306 e. The van der Waals surface area contributed by atoms with Crippen LogP contribution in [0.25, 0.3) is 0 Å². The molecule has 0 aromatic heterocycles. The Bertz CT molecular complexity index is 593. The Morgan fingerprint density at radius 1 is 1.22 bits per heavy atom. The molecule has 0 saturated carbocycles. The SMILES string of the molecule is CCOP(=O)(/C=C/CN(O)C(=O)c1cc(Cl)cc(Cl)c1)OCC. The Morgan fingerprint density at radius 2 is 1.74 bits per heavy atom. The molecule has 1 aromatic rings.